The van der Waals surface area contributed by atoms with Gasteiger partial charge in [0.25, 0.3) is 0 Å². The predicted octanol–water partition coefficient (Wildman–Crippen LogP) is 6.78. The van der Waals surface area contributed by atoms with Crippen LogP contribution >= 0.6 is 0 Å². The van der Waals surface area contributed by atoms with Crippen molar-refractivity contribution in [1.82, 2.24) is 19.9 Å². The lowest BCUT2D eigenvalue weighted by Crippen LogP contribution is -2.21. The molecule has 0 aliphatic rings. The first-order valence-corrected chi connectivity index (χ1v) is 11.9. The average molecular weight is 561 g/mol. The van der Waals surface area contributed by atoms with Crippen molar-refractivity contribution >= 4 is 23.2 Å². The van der Waals surface area contributed by atoms with Gasteiger partial charge in [0.05, 0.1) is 41.2 Å². The third-order valence-corrected chi connectivity index (χ3v) is 5.66. The van der Waals surface area contributed by atoms with E-state index in [1.54, 1.807) is 54.6 Å². The van der Waals surface area contributed by atoms with Crippen LogP contribution in [0.25, 0.3) is 22.4 Å². The van der Waals surface area contributed by atoms with E-state index < -0.39 is 23.6 Å². The number of nitrogens with one attached hydrogen (secondary N) is 2. The number of ether oxygens (including phenoxy) is 1. The Bertz CT molecular complexity index is 1680. The van der Waals surface area contributed by atoms with E-state index in [1.807, 2.05) is 0 Å². The Balaban J connectivity index is 1.26. The van der Waals surface area contributed by atoms with Crippen LogP contribution in [0.15, 0.2) is 91.5 Å². The monoisotopic (exact) mass is 561 g/mol. The molecule has 0 unspecified atom stereocenters. The van der Waals surface area contributed by atoms with Crippen LogP contribution in [-0.2, 0) is 6.18 Å². The molecule has 2 amide bonds. The van der Waals surface area contributed by atoms with E-state index in [0.29, 0.717) is 28.6 Å². The van der Waals surface area contributed by atoms with Gasteiger partial charge in [0.2, 0.25) is 0 Å². The minimum atomic E-state index is -4.65. The van der Waals surface area contributed by atoms with Crippen molar-refractivity contribution in [2.75, 3.05) is 16.4 Å². The molecule has 206 valence electrons. The molecular weight excluding hydrogens is 542 g/mol. The second-order valence-electron chi connectivity index (χ2n) is 8.53. The lowest BCUT2D eigenvalue weighted by atomic mass is 10.1. The van der Waals surface area contributed by atoms with Crippen LogP contribution in [0.2, 0.25) is 0 Å². The number of benzene rings is 2. The van der Waals surface area contributed by atoms with E-state index in [1.165, 1.54) is 18.5 Å². The molecule has 0 aliphatic carbocycles. The third kappa shape index (κ3) is 6.53. The molecule has 3 heterocycles. The summed E-state index contributed by atoms with van der Waals surface area (Å²) in [4.78, 5) is 28.4. The molecular formula is C28H19F4N7O2. The zero-order chi connectivity index (χ0) is 29.0. The van der Waals surface area contributed by atoms with E-state index >= 15 is 0 Å². The zero-order valence-electron chi connectivity index (χ0n) is 20.9. The molecule has 0 bridgehead atoms. The van der Waals surface area contributed by atoms with Crippen LogP contribution in [0.3, 0.4) is 0 Å². The van der Waals surface area contributed by atoms with Gasteiger partial charge in [-0.2, -0.15) is 13.2 Å². The van der Waals surface area contributed by atoms with Gasteiger partial charge < -0.3 is 21.1 Å². The van der Waals surface area contributed by atoms with Crippen molar-refractivity contribution in [3.8, 4) is 34.1 Å². The molecule has 5 aromatic rings. The number of hydrogen-bond acceptors (Lipinski definition) is 7. The van der Waals surface area contributed by atoms with Crippen molar-refractivity contribution < 1.29 is 27.1 Å². The number of aromatic nitrogens is 4. The number of pyridine rings is 2. The molecule has 0 radical (unpaired) electrons. The van der Waals surface area contributed by atoms with Crippen LogP contribution in [-0.4, -0.2) is 26.0 Å². The number of hydrogen-bond donors (Lipinski definition) is 3. The smallest absolute Gasteiger partial charge is 0.417 e. The number of amides is 2. The number of anilines is 3. The first kappa shape index (κ1) is 27.0. The molecule has 3 aromatic heterocycles. The number of nitrogens with zero attached hydrogens (tertiary/aromatic N) is 4. The number of nitrogen functional groups attached to an aromatic ring is 1. The number of halogens is 4. The Morgan fingerprint density at radius 1 is 0.805 bits per heavy atom. The summed E-state index contributed by atoms with van der Waals surface area (Å²) < 4.78 is 59.0. The summed E-state index contributed by atoms with van der Waals surface area (Å²) in [5.74, 6) is 0.0326. The highest BCUT2D eigenvalue weighted by atomic mass is 19.4. The average Bonchev–Trinajstić information content (AvgIpc) is 2.96. The minimum absolute atomic E-state index is 0.0379. The summed E-state index contributed by atoms with van der Waals surface area (Å²) in [7, 11) is 0. The number of carbonyl (C=O) groups excluding carboxylic acids is 1. The fraction of sp³-hybridized carbons (Fsp3) is 0.0357. The van der Waals surface area contributed by atoms with Crippen molar-refractivity contribution in [2.45, 2.75) is 6.18 Å². The molecule has 0 atom stereocenters. The van der Waals surface area contributed by atoms with Crippen LogP contribution in [0.1, 0.15) is 5.56 Å². The summed E-state index contributed by atoms with van der Waals surface area (Å²) in [5, 5.41) is 4.88. The molecule has 13 heteroatoms. The van der Waals surface area contributed by atoms with Crippen LogP contribution in [0, 0.1) is 5.82 Å². The van der Waals surface area contributed by atoms with Gasteiger partial charge in [-0.25, -0.2) is 24.1 Å². The maximum atomic E-state index is 13.5. The van der Waals surface area contributed by atoms with Gasteiger partial charge in [-0.1, -0.05) is 42.5 Å². The van der Waals surface area contributed by atoms with E-state index in [4.69, 9.17) is 10.5 Å². The topological polar surface area (TPSA) is 128 Å². The standard InChI is InChI=1S/C28H19F4N7O2/c29-19-11-22(25(33)35-13-19)16-6-8-21(9-7-16)41-27-36-14-20(15-37-27)38-26(40)39-23-10-18(28(30,31)32)12-34-24(23)17-4-2-1-3-5-17/h1-15H,(H2,33,35)(H2,38,39,40). The van der Waals surface area contributed by atoms with Crippen molar-refractivity contribution in [2.24, 2.45) is 0 Å². The van der Waals surface area contributed by atoms with E-state index in [2.05, 4.69) is 30.6 Å². The van der Waals surface area contributed by atoms with Gasteiger partial charge in [-0.3, -0.25) is 4.98 Å². The Kier molecular flexibility index (Phi) is 7.41. The van der Waals surface area contributed by atoms with Crippen molar-refractivity contribution in [1.29, 1.82) is 0 Å². The maximum absolute atomic E-state index is 13.5. The molecule has 0 saturated carbocycles. The van der Waals surface area contributed by atoms with Crippen LogP contribution in [0.5, 0.6) is 11.8 Å². The Labute approximate surface area is 230 Å². The molecule has 0 spiro atoms. The Morgan fingerprint density at radius 2 is 1.51 bits per heavy atom. The van der Waals surface area contributed by atoms with E-state index in [9.17, 15) is 22.4 Å². The SMILES string of the molecule is Nc1ncc(F)cc1-c1ccc(Oc2ncc(NC(=O)Nc3cc(C(F)(F)F)cnc3-c3ccccc3)cn2)cc1. The minimum Gasteiger partial charge on any atom is -0.424 e. The second-order valence-corrected chi connectivity index (χ2v) is 8.53. The third-order valence-electron chi connectivity index (χ3n) is 5.66. The van der Waals surface area contributed by atoms with Gasteiger partial charge in [-0.05, 0) is 29.8 Å². The number of nitrogens with two attached hydrogens (primary N) is 1. The van der Waals surface area contributed by atoms with Crippen molar-refractivity contribution in [3.63, 3.8) is 0 Å². The molecule has 5 rings (SSSR count). The molecule has 41 heavy (non-hydrogen) atoms. The lowest BCUT2D eigenvalue weighted by Gasteiger charge is -2.14. The van der Waals surface area contributed by atoms with Gasteiger partial charge in [-0.15, -0.1) is 0 Å². The van der Waals surface area contributed by atoms with Crippen molar-refractivity contribution in [3.05, 3.63) is 103 Å². The van der Waals surface area contributed by atoms with Gasteiger partial charge in [0.1, 0.15) is 17.4 Å². The largest absolute Gasteiger partial charge is 0.424 e. The number of carbonyl (C=O) groups is 1. The molecule has 0 aliphatic heterocycles. The molecule has 9 nitrogen and oxygen atoms in total. The van der Waals surface area contributed by atoms with E-state index in [-0.39, 0.29) is 28.9 Å². The summed E-state index contributed by atoms with van der Waals surface area (Å²) in [6.45, 7) is 0. The van der Waals surface area contributed by atoms with Gasteiger partial charge >= 0.3 is 18.2 Å². The van der Waals surface area contributed by atoms with Gasteiger partial charge in [0.15, 0.2) is 0 Å². The van der Waals surface area contributed by atoms with E-state index in [0.717, 1.165) is 12.3 Å². The highest BCUT2D eigenvalue weighted by molar-refractivity contribution is 6.01. The van der Waals surface area contributed by atoms with Crippen LogP contribution in [0.4, 0.5) is 39.5 Å². The normalized spacial score (nSPS) is 11.1. The first-order valence-electron chi connectivity index (χ1n) is 11.9. The highest BCUT2D eigenvalue weighted by Gasteiger charge is 2.32. The maximum Gasteiger partial charge on any atom is 0.417 e. The summed E-state index contributed by atoms with van der Waals surface area (Å²) in [5.41, 5.74) is 6.56. The first-order chi connectivity index (χ1) is 19.7. The Morgan fingerprint density at radius 3 is 2.20 bits per heavy atom. The lowest BCUT2D eigenvalue weighted by molar-refractivity contribution is -0.137. The predicted molar refractivity (Wildman–Crippen MR) is 143 cm³/mol. The summed E-state index contributed by atoms with van der Waals surface area (Å²) in [6, 6.07) is 16.2. The summed E-state index contributed by atoms with van der Waals surface area (Å²) >= 11 is 0. The fourth-order valence-electron chi connectivity index (χ4n) is 3.75. The molecule has 4 N–H and O–H groups in total. The number of alkyl halides is 3. The highest BCUT2D eigenvalue weighted by Crippen LogP contribution is 2.34. The quantitative estimate of drug-likeness (QED) is 0.195. The zero-order valence-corrected chi connectivity index (χ0v) is 20.9. The van der Waals surface area contributed by atoms with Crippen LogP contribution < -0.4 is 21.1 Å². The second kappa shape index (κ2) is 11.3. The number of urea groups is 1. The van der Waals surface area contributed by atoms with Gasteiger partial charge in [0, 0.05) is 17.3 Å². The molecule has 0 saturated heterocycles. The number of rotatable bonds is 6. The summed E-state index contributed by atoms with van der Waals surface area (Å²) in [6.07, 6.45) is -0.390. The molecule has 2 aromatic carbocycles. The fourth-order valence-corrected chi connectivity index (χ4v) is 3.75. The Hall–Kier alpha value is -5.59. The molecule has 0 fully saturated rings.